The molecule has 1 aliphatic rings. The highest BCUT2D eigenvalue weighted by atomic mass is 32.2. The third kappa shape index (κ3) is 3.91. The van der Waals surface area contributed by atoms with Crippen LogP contribution in [0.3, 0.4) is 0 Å². The predicted molar refractivity (Wildman–Crippen MR) is 84.2 cm³/mol. The van der Waals surface area contributed by atoms with E-state index in [1.807, 2.05) is 6.92 Å². The average Bonchev–Trinajstić information content (AvgIpc) is 2.53. The third-order valence-corrected chi connectivity index (χ3v) is 6.11. The lowest BCUT2D eigenvalue weighted by atomic mass is 10.2. The first-order valence-corrected chi connectivity index (χ1v) is 9.63. The van der Waals surface area contributed by atoms with Gasteiger partial charge < -0.3 is 9.84 Å². The SMILES string of the molecule is CCCOc1ccc(S(=O)(=O)N2CCSCC2)cc1CO. The number of benzene rings is 1. The molecule has 0 radical (unpaired) electrons. The fourth-order valence-corrected chi connectivity index (χ4v) is 4.76. The molecule has 0 saturated carbocycles. The Bertz CT molecular complexity index is 568. The van der Waals surface area contributed by atoms with Crippen LogP contribution < -0.4 is 4.74 Å². The monoisotopic (exact) mass is 331 g/mol. The Balaban J connectivity index is 2.26. The Morgan fingerprint density at radius 2 is 2.05 bits per heavy atom. The van der Waals surface area contributed by atoms with Gasteiger partial charge in [-0.1, -0.05) is 6.92 Å². The van der Waals surface area contributed by atoms with Gasteiger partial charge in [-0.15, -0.1) is 0 Å². The zero-order valence-corrected chi connectivity index (χ0v) is 13.8. The van der Waals surface area contributed by atoms with Crippen molar-refractivity contribution in [2.75, 3.05) is 31.2 Å². The van der Waals surface area contributed by atoms with E-state index in [1.54, 1.807) is 23.9 Å². The standard InChI is InChI=1S/C14H21NO4S2/c1-2-7-19-14-4-3-13(10-12(14)11-16)21(17,18)15-5-8-20-9-6-15/h3-4,10,16H,2,5-9,11H2,1H3. The molecule has 1 aromatic rings. The maximum Gasteiger partial charge on any atom is 0.243 e. The largest absolute Gasteiger partial charge is 0.493 e. The maximum absolute atomic E-state index is 12.6. The van der Waals surface area contributed by atoms with Gasteiger partial charge in [0, 0.05) is 30.2 Å². The Morgan fingerprint density at radius 3 is 2.67 bits per heavy atom. The molecule has 1 aromatic carbocycles. The minimum absolute atomic E-state index is 0.224. The molecule has 1 heterocycles. The van der Waals surface area contributed by atoms with E-state index >= 15 is 0 Å². The molecule has 1 N–H and O–H groups in total. The van der Waals surface area contributed by atoms with Crippen molar-refractivity contribution in [3.8, 4) is 5.75 Å². The number of thioether (sulfide) groups is 1. The summed E-state index contributed by atoms with van der Waals surface area (Å²) in [6.45, 7) is 3.37. The topological polar surface area (TPSA) is 66.8 Å². The number of ether oxygens (including phenoxy) is 1. The molecule has 1 aliphatic heterocycles. The van der Waals surface area contributed by atoms with Crippen molar-refractivity contribution < 1.29 is 18.3 Å². The van der Waals surface area contributed by atoms with E-state index in [0.717, 1.165) is 17.9 Å². The molecular weight excluding hydrogens is 310 g/mol. The van der Waals surface area contributed by atoms with E-state index in [4.69, 9.17) is 4.74 Å². The van der Waals surface area contributed by atoms with Crippen LogP contribution in [-0.2, 0) is 16.6 Å². The second kappa shape index (κ2) is 7.49. The van der Waals surface area contributed by atoms with Gasteiger partial charge in [-0.25, -0.2) is 8.42 Å². The average molecular weight is 331 g/mol. The van der Waals surface area contributed by atoms with Crippen molar-refractivity contribution in [1.82, 2.24) is 4.31 Å². The molecule has 0 amide bonds. The lowest BCUT2D eigenvalue weighted by Gasteiger charge is -2.26. The third-order valence-electron chi connectivity index (χ3n) is 3.27. The number of aliphatic hydroxyl groups excluding tert-OH is 1. The Hall–Kier alpha value is -0.760. The molecule has 0 spiro atoms. The molecule has 0 aliphatic carbocycles. The smallest absolute Gasteiger partial charge is 0.243 e. The zero-order chi connectivity index (χ0) is 15.3. The summed E-state index contributed by atoms with van der Waals surface area (Å²) in [5, 5.41) is 9.43. The summed E-state index contributed by atoms with van der Waals surface area (Å²) >= 11 is 1.76. The molecule has 21 heavy (non-hydrogen) atoms. The van der Waals surface area contributed by atoms with Crippen LogP contribution in [0.25, 0.3) is 0 Å². The number of rotatable bonds is 6. The van der Waals surface area contributed by atoms with Crippen LogP contribution in [0, 0.1) is 0 Å². The molecule has 0 bridgehead atoms. The molecule has 7 heteroatoms. The van der Waals surface area contributed by atoms with Crippen molar-refractivity contribution in [2.24, 2.45) is 0 Å². The second-order valence-electron chi connectivity index (χ2n) is 4.79. The van der Waals surface area contributed by atoms with Crippen molar-refractivity contribution in [2.45, 2.75) is 24.8 Å². The second-order valence-corrected chi connectivity index (χ2v) is 7.96. The molecule has 0 unspecified atom stereocenters. The Labute approximate surface area is 130 Å². The van der Waals surface area contributed by atoms with Crippen LogP contribution >= 0.6 is 11.8 Å². The first-order valence-electron chi connectivity index (χ1n) is 7.04. The Morgan fingerprint density at radius 1 is 1.33 bits per heavy atom. The van der Waals surface area contributed by atoms with E-state index < -0.39 is 10.0 Å². The first-order chi connectivity index (χ1) is 10.1. The van der Waals surface area contributed by atoms with E-state index in [1.165, 1.54) is 10.4 Å². The quantitative estimate of drug-likeness (QED) is 0.859. The predicted octanol–water partition coefficient (Wildman–Crippen LogP) is 1.71. The van der Waals surface area contributed by atoms with Gasteiger partial charge in [-0.3, -0.25) is 0 Å². The molecule has 1 fully saturated rings. The van der Waals surface area contributed by atoms with Gasteiger partial charge in [0.2, 0.25) is 10.0 Å². The van der Waals surface area contributed by atoms with Gasteiger partial charge in [-0.2, -0.15) is 16.1 Å². The number of hydrogen-bond acceptors (Lipinski definition) is 5. The molecule has 118 valence electrons. The van der Waals surface area contributed by atoms with E-state index in [2.05, 4.69) is 0 Å². The van der Waals surface area contributed by atoms with Crippen LogP contribution in [-0.4, -0.2) is 49.0 Å². The van der Waals surface area contributed by atoms with Crippen molar-refractivity contribution in [3.63, 3.8) is 0 Å². The minimum atomic E-state index is -3.48. The number of aliphatic hydroxyl groups is 1. The summed E-state index contributed by atoms with van der Waals surface area (Å²) in [5.74, 6) is 2.20. The lowest BCUT2D eigenvalue weighted by Crippen LogP contribution is -2.37. The highest BCUT2D eigenvalue weighted by Gasteiger charge is 2.26. The van der Waals surface area contributed by atoms with Gasteiger partial charge in [-0.05, 0) is 24.6 Å². The summed E-state index contributed by atoms with van der Waals surface area (Å²) in [4.78, 5) is 0.224. The minimum Gasteiger partial charge on any atom is -0.493 e. The summed E-state index contributed by atoms with van der Waals surface area (Å²) in [6, 6.07) is 4.70. The van der Waals surface area contributed by atoms with Gasteiger partial charge in [0.15, 0.2) is 0 Å². The van der Waals surface area contributed by atoms with Crippen LogP contribution in [0.15, 0.2) is 23.1 Å². The molecule has 1 saturated heterocycles. The van der Waals surface area contributed by atoms with Crippen molar-refractivity contribution in [3.05, 3.63) is 23.8 Å². The zero-order valence-electron chi connectivity index (χ0n) is 12.1. The highest BCUT2D eigenvalue weighted by molar-refractivity contribution is 7.99. The summed E-state index contributed by atoms with van der Waals surface area (Å²) < 4.78 is 32.2. The molecule has 2 rings (SSSR count). The fraction of sp³-hybridized carbons (Fsp3) is 0.571. The van der Waals surface area contributed by atoms with Crippen molar-refractivity contribution >= 4 is 21.8 Å². The maximum atomic E-state index is 12.6. The van der Waals surface area contributed by atoms with Crippen LogP contribution in [0.1, 0.15) is 18.9 Å². The van der Waals surface area contributed by atoms with Crippen LogP contribution in [0.5, 0.6) is 5.75 Å². The van der Waals surface area contributed by atoms with Gasteiger partial charge in [0.1, 0.15) is 5.75 Å². The fourth-order valence-electron chi connectivity index (χ4n) is 2.13. The first kappa shape index (κ1) is 16.6. The number of nitrogens with zero attached hydrogens (tertiary/aromatic N) is 1. The summed E-state index contributed by atoms with van der Waals surface area (Å²) in [6.07, 6.45) is 0.858. The molecule has 5 nitrogen and oxygen atoms in total. The molecule has 0 aromatic heterocycles. The van der Waals surface area contributed by atoms with Crippen LogP contribution in [0.4, 0.5) is 0 Å². The van der Waals surface area contributed by atoms with Crippen LogP contribution in [0.2, 0.25) is 0 Å². The molecule has 0 atom stereocenters. The summed E-state index contributed by atoms with van der Waals surface area (Å²) in [7, 11) is -3.48. The van der Waals surface area contributed by atoms with E-state index in [0.29, 0.717) is 31.0 Å². The summed E-state index contributed by atoms with van der Waals surface area (Å²) in [5.41, 5.74) is 0.510. The highest BCUT2D eigenvalue weighted by Crippen LogP contribution is 2.26. The van der Waals surface area contributed by atoms with E-state index in [-0.39, 0.29) is 11.5 Å². The van der Waals surface area contributed by atoms with Gasteiger partial charge >= 0.3 is 0 Å². The van der Waals surface area contributed by atoms with E-state index in [9.17, 15) is 13.5 Å². The normalized spacial score (nSPS) is 16.9. The van der Waals surface area contributed by atoms with Gasteiger partial charge in [0.05, 0.1) is 18.1 Å². The van der Waals surface area contributed by atoms with Crippen molar-refractivity contribution in [1.29, 1.82) is 0 Å². The van der Waals surface area contributed by atoms with Gasteiger partial charge in [0.25, 0.3) is 0 Å². The number of sulfonamides is 1. The molecular formula is C14H21NO4S2. The Kier molecular flexibility index (Phi) is 5.92. The lowest BCUT2D eigenvalue weighted by molar-refractivity contribution is 0.262. The number of hydrogen-bond donors (Lipinski definition) is 1.